The van der Waals surface area contributed by atoms with Gasteiger partial charge in [-0.05, 0) is 12.8 Å². The minimum atomic E-state index is -1.04. The van der Waals surface area contributed by atoms with Gasteiger partial charge in [0.1, 0.15) is 0 Å². The van der Waals surface area contributed by atoms with Gasteiger partial charge in [0.05, 0.1) is 10.9 Å². The first-order chi connectivity index (χ1) is 12.4. The Hall–Kier alpha value is -2.14. The summed E-state index contributed by atoms with van der Waals surface area (Å²) in [6, 6.07) is 18.9. The Kier molecular flexibility index (Phi) is 5.19. The number of hydrogen-bond donors (Lipinski definition) is 0. The fraction of sp³-hybridized carbons (Fsp3) is 0.333. The number of rotatable bonds is 4. The van der Waals surface area contributed by atoms with Crippen molar-refractivity contribution < 1.29 is 14.3 Å². The first-order valence-corrected chi connectivity index (χ1v) is 9.62. The number of carbonyl (C=O) groups is 2. The molecule has 0 unspecified atom stereocenters. The van der Waals surface area contributed by atoms with Crippen molar-refractivity contribution in [2.75, 3.05) is 0 Å². The molecule has 2 amide bonds. The van der Waals surface area contributed by atoms with Crippen LogP contribution in [0.4, 0.5) is 4.79 Å². The monoisotopic (exact) mass is 415 g/mol. The average Bonchev–Trinajstić information content (AvgIpc) is 2.96. The normalized spacial score (nSPS) is 20.1. The summed E-state index contributed by atoms with van der Waals surface area (Å²) < 4.78 is 6.02. The van der Waals surface area contributed by atoms with E-state index in [2.05, 4.69) is 15.9 Å². The van der Waals surface area contributed by atoms with Crippen LogP contribution in [0, 0.1) is 5.92 Å². The Morgan fingerprint density at radius 1 is 1.00 bits per heavy atom. The molecule has 26 heavy (non-hydrogen) atoms. The second-order valence-corrected chi connectivity index (χ2v) is 8.22. The minimum Gasteiger partial charge on any atom is -0.430 e. The third-order valence-electron chi connectivity index (χ3n) is 4.75. The van der Waals surface area contributed by atoms with Crippen molar-refractivity contribution in [3.63, 3.8) is 0 Å². The second-order valence-electron chi connectivity index (χ2n) is 6.85. The molecule has 0 aliphatic carbocycles. The molecule has 1 aliphatic heterocycles. The maximum absolute atomic E-state index is 12.9. The Morgan fingerprint density at radius 3 is 1.85 bits per heavy atom. The summed E-state index contributed by atoms with van der Waals surface area (Å²) in [7, 11) is 0. The predicted molar refractivity (Wildman–Crippen MR) is 104 cm³/mol. The maximum Gasteiger partial charge on any atom is 0.418 e. The summed E-state index contributed by atoms with van der Waals surface area (Å²) in [5, 5.41) is 0. The fourth-order valence-corrected chi connectivity index (χ4v) is 3.95. The lowest BCUT2D eigenvalue weighted by atomic mass is 9.75. The van der Waals surface area contributed by atoms with Crippen LogP contribution < -0.4 is 0 Å². The molecule has 0 aromatic heterocycles. The lowest BCUT2D eigenvalue weighted by molar-refractivity contribution is -0.129. The summed E-state index contributed by atoms with van der Waals surface area (Å²) in [6.07, 6.45) is -0.604. The maximum atomic E-state index is 12.9. The zero-order valence-electron chi connectivity index (χ0n) is 15.1. The van der Waals surface area contributed by atoms with Crippen LogP contribution in [0.2, 0.25) is 0 Å². The van der Waals surface area contributed by atoms with Crippen LogP contribution in [0.3, 0.4) is 0 Å². The van der Waals surface area contributed by atoms with E-state index in [-0.39, 0.29) is 11.8 Å². The van der Waals surface area contributed by atoms with Gasteiger partial charge in [-0.2, -0.15) is 0 Å². The Morgan fingerprint density at radius 2 is 1.46 bits per heavy atom. The molecule has 3 rings (SSSR count). The van der Waals surface area contributed by atoms with Crippen LogP contribution in [0.15, 0.2) is 60.7 Å². The predicted octanol–water partition coefficient (Wildman–Crippen LogP) is 4.72. The van der Waals surface area contributed by atoms with Gasteiger partial charge in [-0.1, -0.05) is 90.4 Å². The van der Waals surface area contributed by atoms with E-state index in [1.54, 1.807) is 6.92 Å². The number of nitrogens with zero attached hydrogens (tertiary/aromatic N) is 1. The highest BCUT2D eigenvalue weighted by atomic mass is 79.9. The van der Waals surface area contributed by atoms with E-state index in [0.29, 0.717) is 0 Å². The molecule has 0 saturated carbocycles. The van der Waals surface area contributed by atoms with E-state index in [0.717, 1.165) is 11.1 Å². The van der Waals surface area contributed by atoms with Gasteiger partial charge in [0, 0.05) is 11.1 Å². The van der Waals surface area contributed by atoms with Crippen LogP contribution in [0.25, 0.3) is 0 Å². The number of ether oxygens (including phenoxy) is 1. The van der Waals surface area contributed by atoms with Crippen molar-refractivity contribution in [3.8, 4) is 0 Å². The van der Waals surface area contributed by atoms with Gasteiger partial charge in [0.15, 0.2) is 5.60 Å². The first kappa shape index (κ1) is 18.6. The molecule has 2 atom stereocenters. The molecule has 2 aromatic carbocycles. The van der Waals surface area contributed by atoms with Gasteiger partial charge in [-0.15, -0.1) is 0 Å². The molecule has 1 fully saturated rings. The number of amides is 2. The summed E-state index contributed by atoms with van der Waals surface area (Å²) in [6.45, 7) is 5.73. The van der Waals surface area contributed by atoms with E-state index in [4.69, 9.17) is 4.74 Å². The number of benzene rings is 2. The minimum absolute atomic E-state index is 0.00272. The molecular weight excluding hydrogens is 394 g/mol. The highest BCUT2D eigenvalue weighted by Gasteiger charge is 2.59. The summed E-state index contributed by atoms with van der Waals surface area (Å²) in [5.41, 5.74) is 0.678. The Bertz CT molecular complexity index is 750. The third-order valence-corrected chi connectivity index (χ3v) is 5.15. The van der Waals surface area contributed by atoms with E-state index >= 15 is 0 Å². The summed E-state index contributed by atoms with van der Waals surface area (Å²) >= 11 is 3.30. The number of halogens is 1. The molecule has 1 aliphatic rings. The van der Waals surface area contributed by atoms with E-state index < -0.39 is 22.6 Å². The number of alkyl halides is 1. The molecule has 2 aromatic rings. The van der Waals surface area contributed by atoms with Crippen molar-refractivity contribution >= 4 is 27.9 Å². The molecule has 136 valence electrons. The smallest absolute Gasteiger partial charge is 0.418 e. The number of imide groups is 1. The fourth-order valence-electron chi connectivity index (χ4n) is 3.73. The van der Waals surface area contributed by atoms with Crippen LogP contribution in [-0.2, 0) is 15.1 Å². The van der Waals surface area contributed by atoms with Crippen LogP contribution in [0.1, 0.15) is 31.9 Å². The first-order valence-electron chi connectivity index (χ1n) is 8.70. The second kappa shape index (κ2) is 7.23. The molecule has 4 nitrogen and oxygen atoms in total. The summed E-state index contributed by atoms with van der Waals surface area (Å²) in [4.78, 5) is 26.5. The van der Waals surface area contributed by atoms with Gasteiger partial charge in [-0.25, -0.2) is 9.69 Å². The van der Waals surface area contributed by atoms with Gasteiger partial charge >= 0.3 is 6.09 Å². The molecule has 1 saturated heterocycles. The molecule has 5 heteroatoms. The Labute approximate surface area is 162 Å². The standard InChI is InChI=1S/C21H22BrNO3/c1-14(2)18-21(16-10-6-4-7-11-16,17-12-8-5-9-13-17)26-20(25)23(18)19(24)15(3)22/h4-15,18H,1-3H3/t15-,18+/m1/s1. The lowest BCUT2D eigenvalue weighted by Crippen LogP contribution is -2.51. The lowest BCUT2D eigenvalue weighted by Gasteiger charge is -2.37. The van der Waals surface area contributed by atoms with Crippen molar-refractivity contribution in [1.29, 1.82) is 0 Å². The molecule has 0 N–H and O–H groups in total. The van der Waals surface area contributed by atoms with E-state index in [9.17, 15) is 9.59 Å². The van der Waals surface area contributed by atoms with Crippen LogP contribution in [0.5, 0.6) is 0 Å². The molecule has 0 radical (unpaired) electrons. The average molecular weight is 416 g/mol. The van der Waals surface area contributed by atoms with Crippen molar-refractivity contribution in [3.05, 3.63) is 71.8 Å². The van der Waals surface area contributed by atoms with Gasteiger partial charge in [0.2, 0.25) is 5.91 Å². The molecular formula is C21H22BrNO3. The highest BCUT2D eigenvalue weighted by molar-refractivity contribution is 9.10. The zero-order valence-corrected chi connectivity index (χ0v) is 16.6. The van der Waals surface area contributed by atoms with Crippen molar-refractivity contribution in [2.45, 2.75) is 37.2 Å². The van der Waals surface area contributed by atoms with Crippen LogP contribution >= 0.6 is 15.9 Å². The van der Waals surface area contributed by atoms with Crippen LogP contribution in [-0.4, -0.2) is 27.8 Å². The van der Waals surface area contributed by atoms with Crippen molar-refractivity contribution in [1.82, 2.24) is 4.90 Å². The van der Waals surface area contributed by atoms with Gasteiger partial charge in [-0.3, -0.25) is 4.79 Å². The highest BCUT2D eigenvalue weighted by Crippen LogP contribution is 2.47. The van der Waals surface area contributed by atoms with Gasteiger partial charge < -0.3 is 4.74 Å². The van der Waals surface area contributed by atoms with Gasteiger partial charge in [0.25, 0.3) is 0 Å². The summed E-state index contributed by atoms with van der Waals surface area (Å²) in [5.74, 6) is -0.292. The number of cyclic esters (lactones) is 1. The molecule has 0 bridgehead atoms. The van der Waals surface area contributed by atoms with Crippen molar-refractivity contribution in [2.24, 2.45) is 5.92 Å². The Balaban J connectivity index is 2.27. The quantitative estimate of drug-likeness (QED) is 0.678. The van der Waals surface area contributed by atoms with E-state index in [1.165, 1.54) is 4.90 Å². The number of hydrogen-bond acceptors (Lipinski definition) is 3. The third kappa shape index (κ3) is 2.94. The largest absolute Gasteiger partial charge is 0.430 e. The SMILES string of the molecule is CC(C)[C@@H]1N(C(=O)[C@@H](C)Br)C(=O)OC1(c1ccccc1)c1ccccc1. The molecule has 0 spiro atoms. The molecule has 1 heterocycles. The number of carbonyl (C=O) groups excluding carboxylic acids is 2. The van der Waals surface area contributed by atoms with E-state index in [1.807, 2.05) is 74.5 Å². The topological polar surface area (TPSA) is 46.6 Å². The zero-order chi connectivity index (χ0) is 18.9.